The average molecular weight is 1360 g/mol. The molecule has 8 heterocycles. The number of aromatic nitrogens is 2. The summed E-state index contributed by atoms with van der Waals surface area (Å²) in [7, 11) is -7.24. The van der Waals surface area contributed by atoms with Crippen molar-refractivity contribution in [2.24, 2.45) is 0 Å². The Bertz CT molecular complexity index is 3870. The van der Waals surface area contributed by atoms with Gasteiger partial charge in [-0.15, -0.1) is 22.7 Å². The fourth-order valence-electron chi connectivity index (χ4n) is 13.4. The van der Waals surface area contributed by atoms with Crippen LogP contribution < -0.4 is 36.7 Å². The number of rotatable bonds is 17. The maximum atomic E-state index is 17.8. The van der Waals surface area contributed by atoms with Gasteiger partial charge >= 0.3 is 344 Å². The molecule has 3 aliphatic rings. The monoisotopic (exact) mass is 1360 g/mol. The minimum atomic E-state index is -2.61. The van der Waals surface area contributed by atoms with Gasteiger partial charge in [-0.1, -0.05) is 32.8 Å². The number of hydrogen-bond acceptors (Lipinski definition) is 8. The molecular weight excluding hydrogens is 1300 g/mol. The quantitative estimate of drug-likeness (QED) is 0.0673. The molecule has 1 saturated heterocycles. The second-order valence-electron chi connectivity index (χ2n) is 21.0. The van der Waals surface area contributed by atoms with Gasteiger partial charge in [0.05, 0.1) is 17.3 Å². The third-order valence-corrected chi connectivity index (χ3v) is 39.2. The number of halogens is 2. The molecule has 0 aliphatic carbocycles. The first-order valence-electron chi connectivity index (χ1n) is 27.6. The molecule has 14 heteroatoms. The zero-order valence-electron chi connectivity index (χ0n) is 45.3. The molecular formula is C65H61F2N2OOsPS5Si2+. The van der Waals surface area contributed by atoms with Crippen molar-refractivity contribution >= 4 is 140 Å². The molecule has 3 nitrogen and oxygen atoms in total. The Kier molecular flexibility index (Phi) is 15.9. The molecule has 0 spiro atoms. The molecule has 0 N–H and O–H groups in total. The molecule has 1 fully saturated rings. The van der Waals surface area contributed by atoms with E-state index in [4.69, 9.17) is 13.5 Å². The summed E-state index contributed by atoms with van der Waals surface area (Å²) in [5.41, 5.74) is 4.97. The van der Waals surface area contributed by atoms with Crippen LogP contribution in [0.15, 0.2) is 150 Å². The molecule has 3 aliphatic heterocycles. The zero-order valence-corrected chi connectivity index (χ0v) is 54.8. The molecule has 9 aromatic rings. The number of allylic oxidation sites excluding steroid dienone is 5. The second kappa shape index (κ2) is 22.7. The van der Waals surface area contributed by atoms with Gasteiger partial charge in [0.25, 0.3) is 0 Å². The summed E-state index contributed by atoms with van der Waals surface area (Å²) < 4.78 is 55.4. The van der Waals surface area contributed by atoms with Crippen LogP contribution in [0.2, 0.25) is 24.2 Å². The van der Waals surface area contributed by atoms with Crippen molar-refractivity contribution in [3.05, 3.63) is 171 Å². The molecule has 0 bridgehead atoms. The van der Waals surface area contributed by atoms with E-state index in [1.54, 1.807) is 22.7 Å². The van der Waals surface area contributed by atoms with Gasteiger partial charge in [0.1, 0.15) is 8.07 Å². The van der Waals surface area contributed by atoms with Gasteiger partial charge in [0.2, 0.25) is 0 Å². The van der Waals surface area contributed by atoms with E-state index < -0.39 is 35.0 Å². The number of thiophene rings is 4. The van der Waals surface area contributed by atoms with Gasteiger partial charge in [-0.3, -0.25) is 0 Å². The van der Waals surface area contributed by atoms with E-state index in [9.17, 15) is 0 Å². The number of ether oxygens (including phenoxy) is 1. The molecule has 0 amide bonds. The summed E-state index contributed by atoms with van der Waals surface area (Å²) in [6.07, 6.45) is 13.2. The molecule has 401 valence electrons. The van der Waals surface area contributed by atoms with Crippen molar-refractivity contribution in [1.29, 1.82) is 0 Å². The summed E-state index contributed by atoms with van der Waals surface area (Å²) in [5, 5.41) is 10.8. The van der Waals surface area contributed by atoms with Crippen molar-refractivity contribution in [2.75, 3.05) is 13.2 Å². The van der Waals surface area contributed by atoms with Gasteiger partial charge in [0, 0.05) is 19.5 Å². The summed E-state index contributed by atoms with van der Waals surface area (Å²) in [5.74, 6) is -1.65. The molecule has 12 rings (SSSR count). The van der Waals surface area contributed by atoms with Crippen molar-refractivity contribution in [1.82, 2.24) is 8.75 Å². The predicted molar refractivity (Wildman–Crippen MR) is 344 cm³/mol. The molecule has 4 aromatic carbocycles. The molecule has 0 saturated carbocycles. The molecule has 0 radical (unpaired) electrons. The van der Waals surface area contributed by atoms with E-state index in [1.807, 2.05) is 40.6 Å². The van der Waals surface area contributed by atoms with E-state index in [0.717, 1.165) is 71.3 Å². The van der Waals surface area contributed by atoms with Crippen LogP contribution in [0.25, 0.3) is 63.1 Å². The van der Waals surface area contributed by atoms with Crippen LogP contribution in [0.1, 0.15) is 77.0 Å². The van der Waals surface area contributed by atoms with Gasteiger partial charge in [-0.25, -0.2) is 4.39 Å². The van der Waals surface area contributed by atoms with Gasteiger partial charge in [-0.05, 0) is 47.6 Å². The Labute approximate surface area is 496 Å². The summed E-state index contributed by atoms with van der Waals surface area (Å²) in [6.45, 7) is 14.5. The Morgan fingerprint density at radius 2 is 1.05 bits per heavy atom. The van der Waals surface area contributed by atoms with Crippen molar-refractivity contribution in [3.8, 4) is 44.8 Å². The Hall–Kier alpha value is -4.44. The van der Waals surface area contributed by atoms with Gasteiger partial charge < -0.3 is 0 Å². The SMILES string of the molecule is CC=C1COCC1=CC(=C([C]#[Os])[P+](c1ccccc1)(c1ccccc1)c1ccccc1)c1cc2c(s1)-c1sc(-c3c(F)c(F)c(-c4cc5c(s4)-c4sc(/C=C/C)cc4[Si]5(CCC)CCC)c4nsnc34)cc1[Si]2(CCC)CCC. The van der Waals surface area contributed by atoms with Crippen LogP contribution >= 0.6 is 64.3 Å². The van der Waals surface area contributed by atoms with Crippen molar-refractivity contribution in [3.63, 3.8) is 0 Å². The first kappa shape index (κ1) is 55.1. The van der Waals surface area contributed by atoms with Crippen molar-refractivity contribution < 1.29 is 31.5 Å². The van der Waals surface area contributed by atoms with Crippen LogP contribution in [0.5, 0.6) is 0 Å². The third kappa shape index (κ3) is 8.83. The van der Waals surface area contributed by atoms with Crippen molar-refractivity contribution in [2.45, 2.75) is 91.4 Å². The number of nitrogens with zero attached hydrogens (tertiary/aromatic N) is 2. The maximum absolute atomic E-state index is 17.8. The first-order chi connectivity index (χ1) is 38.7. The summed E-state index contributed by atoms with van der Waals surface area (Å²) in [4.78, 5) is 9.02. The van der Waals surface area contributed by atoms with Crippen LogP contribution in [-0.2, 0) is 22.7 Å². The Morgan fingerprint density at radius 1 is 0.608 bits per heavy atom. The standard InChI is InChI=1S/C65H61F2N2OPS5Si2.Os/c1-8-23-47-35-52-62(72-47)63-54(77(52,30-9-2)31-10-3)37-50(74-63)56-58(66)59(67)57(61-60(56)68-76-69-61)51-38-55-65(75-51)64-53(78(55,32-11-4)33-12-5)36-49(73-64)48(34-43-40-70-39-42(43)13-6)41(7)71(44-24-17-14-18-25-44,45-26-19-15-20-27-45)46-28-21-16-22-29-46;/h8,13-29,34-38H,9-12,30-33,39-40H2,1-6H3;/q+1;/b23-8+,42-13?,43-34?,48-41?;. The Balaban J connectivity index is 1.06. The molecule has 5 aromatic heterocycles. The van der Waals surface area contributed by atoms with Crippen LogP contribution in [0.3, 0.4) is 0 Å². The normalized spacial score (nSPS) is 16.5. The average Bonchev–Trinajstić information content (AvgIpc) is 3.84. The fraction of sp³-hybridized carbons (Fsp3) is 0.246. The zero-order chi connectivity index (χ0) is 54.6. The number of hydrogen-bond donors (Lipinski definition) is 0. The van der Waals surface area contributed by atoms with E-state index in [0.29, 0.717) is 24.2 Å². The number of benzene rings is 4. The van der Waals surface area contributed by atoms with E-state index in [-0.39, 0.29) is 11.1 Å². The topological polar surface area (TPSA) is 35.0 Å². The summed E-state index contributed by atoms with van der Waals surface area (Å²) in [6, 6.07) is 47.2. The molecule has 79 heavy (non-hydrogen) atoms. The second-order valence-corrected chi connectivity index (χ2v) is 38.2. The van der Waals surface area contributed by atoms with Crippen LogP contribution in [0.4, 0.5) is 8.78 Å². The van der Waals surface area contributed by atoms with E-state index in [1.165, 1.54) is 88.0 Å². The van der Waals surface area contributed by atoms with E-state index in [2.05, 4.69) is 185 Å². The predicted octanol–water partition coefficient (Wildman–Crippen LogP) is 16.4. The van der Waals surface area contributed by atoms with Crippen LogP contribution in [-0.4, -0.2) is 38.1 Å². The first-order valence-corrected chi connectivity index (χ1v) is 39.5. The summed E-state index contributed by atoms with van der Waals surface area (Å²) >= 11 is 9.85. The third-order valence-electron chi connectivity index (χ3n) is 16.5. The fourth-order valence-corrected chi connectivity index (χ4v) is 38.8. The minimum absolute atomic E-state index is 0.243. The molecule has 0 atom stereocenters. The number of fused-ring (bicyclic) bond motifs is 7. The van der Waals surface area contributed by atoms with Gasteiger partial charge in [-0.2, -0.15) is 4.37 Å². The Morgan fingerprint density at radius 3 is 1.51 bits per heavy atom. The van der Waals surface area contributed by atoms with E-state index >= 15 is 8.78 Å². The van der Waals surface area contributed by atoms with Gasteiger partial charge in [0.15, 0.2) is 0 Å². The molecule has 0 unspecified atom stereocenters. The van der Waals surface area contributed by atoms with Crippen LogP contribution in [0, 0.1) is 16.0 Å².